The molecule has 1 unspecified atom stereocenters. The van der Waals surface area contributed by atoms with Crippen molar-refractivity contribution in [2.45, 2.75) is 19.3 Å². The Kier molecular flexibility index (Phi) is 3.85. The van der Waals surface area contributed by atoms with Gasteiger partial charge in [0.2, 0.25) is 0 Å². The van der Waals surface area contributed by atoms with Crippen molar-refractivity contribution >= 4 is 5.97 Å². The summed E-state index contributed by atoms with van der Waals surface area (Å²) in [7, 11) is 0. The van der Waals surface area contributed by atoms with Gasteiger partial charge in [-0.05, 0) is 31.0 Å². The minimum atomic E-state index is -1.03. The first kappa shape index (κ1) is 13.1. The molecule has 4 nitrogen and oxygen atoms in total. The molecule has 0 fully saturated rings. The molecule has 0 amide bonds. The monoisotopic (exact) mass is 260 g/mol. The fraction of sp³-hybridized carbons (Fsp3) is 0.214. The molecular weight excluding hydrogens is 247 g/mol. The molecule has 1 aromatic heterocycles. The van der Waals surface area contributed by atoms with E-state index in [1.165, 1.54) is 12.4 Å². The summed E-state index contributed by atoms with van der Waals surface area (Å²) in [6.07, 6.45) is 1.39. The van der Waals surface area contributed by atoms with E-state index in [9.17, 15) is 14.3 Å². The molecule has 0 bridgehead atoms. The largest absolute Gasteiger partial charge is 0.481 e. The highest BCUT2D eigenvalue weighted by Crippen LogP contribution is 2.21. The van der Waals surface area contributed by atoms with E-state index in [0.717, 1.165) is 0 Å². The lowest BCUT2D eigenvalue weighted by atomic mass is 9.95. The van der Waals surface area contributed by atoms with E-state index in [1.807, 2.05) is 0 Å². The second kappa shape index (κ2) is 5.56. The van der Waals surface area contributed by atoms with Crippen molar-refractivity contribution in [3.05, 3.63) is 59.4 Å². The molecule has 0 spiro atoms. The molecule has 2 aromatic rings. The molecule has 2 rings (SSSR count). The maximum Gasteiger partial charge on any atom is 0.312 e. The SMILES string of the molecule is Cc1cc(C(Cc2ccccc2F)C(=O)O)ncn1. The quantitative estimate of drug-likeness (QED) is 0.916. The summed E-state index contributed by atoms with van der Waals surface area (Å²) in [4.78, 5) is 19.2. The molecule has 19 heavy (non-hydrogen) atoms. The van der Waals surface area contributed by atoms with E-state index < -0.39 is 17.7 Å². The predicted molar refractivity (Wildman–Crippen MR) is 67.2 cm³/mol. The van der Waals surface area contributed by atoms with Crippen molar-refractivity contribution in [3.8, 4) is 0 Å². The number of rotatable bonds is 4. The number of hydrogen-bond donors (Lipinski definition) is 1. The third-order valence-electron chi connectivity index (χ3n) is 2.86. The average molecular weight is 260 g/mol. The zero-order valence-corrected chi connectivity index (χ0v) is 10.4. The number of aromatic nitrogens is 2. The van der Waals surface area contributed by atoms with Crippen LogP contribution in [0.15, 0.2) is 36.7 Å². The first-order valence-corrected chi connectivity index (χ1v) is 5.82. The Hall–Kier alpha value is -2.30. The van der Waals surface area contributed by atoms with Crippen molar-refractivity contribution < 1.29 is 14.3 Å². The zero-order chi connectivity index (χ0) is 13.8. The molecule has 0 saturated carbocycles. The van der Waals surface area contributed by atoms with Gasteiger partial charge in [-0.3, -0.25) is 4.79 Å². The van der Waals surface area contributed by atoms with Crippen molar-refractivity contribution in [1.29, 1.82) is 0 Å². The number of aryl methyl sites for hydroxylation is 1. The van der Waals surface area contributed by atoms with Crippen LogP contribution in [0.1, 0.15) is 22.9 Å². The molecule has 1 atom stereocenters. The summed E-state index contributed by atoms with van der Waals surface area (Å²) >= 11 is 0. The van der Waals surface area contributed by atoms with Gasteiger partial charge in [-0.1, -0.05) is 18.2 Å². The van der Waals surface area contributed by atoms with Crippen molar-refractivity contribution in [2.24, 2.45) is 0 Å². The third-order valence-corrected chi connectivity index (χ3v) is 2.86. The molecule has 0 aliphatic heterocycles. The predicted octanol–water partition coefficient (Wildman–Crippen LogP) is 2.34. The van der Waals surface area contributed by atoms with Crippen LogP contribution in [0.3, 0.4) is 0 Å². The highest BCUT2D eigenvalue weighted by Gasteiger charge is 2.23. The van der Waals surface area contributed by atoms with Crippen LogP contribution in [-0.2, 0) is 11.2 Å². The van der Waals surface area contributed by atoms with Crippen LogP contribution in [-0.4, -0.2) is 21.0 Å². The average Bonchev–Trinajstić information content (AvgIpc) is 2.37. The van der Waals surface area contributed by atoms with E-state index in [2.05, 4.69) is 9.97 Å². The Bertz CT molecular complexity index is 602. The van der Waals surface area contributed by atoms with E-state index in [4.69, 9.17) is 0 Å². The number of benzene rings is 1. The van der Waals surface area contributed by atoms with Gasteiger partial charge in [0.15, 0.2) is 0 Å². The summed E-state index contributed by atoms with van der Waals surface area (Å²) in [5.74, 6) is -2.31. The summed E-state index contributed by atoms with van der Waals surface area (Å²) in [5.41, 5.74) is 1.44. The first-order valence-electron chi connectivity index (χ1n) is 5.82. The minimum Gasteiger partial charge on any atom is -0.481 e. The summed E-state index contributed by atoms with van der Waals surface area (Å²) in [6.45, 7) is 1.76. The minimum absolute atomic E-state index is 0.0679. The van der Waals surface area contributed by atoms with E-state index >= 15 is 0 Å². The van der Waals surface area contributed by atoms with Gasteiger partial charge >= 0.3 is 5.97 Å². The fourth-order valence-electron chi connectivity index (χ4n) is 1.87. The Morgan fingerprint density at radius 1 is 1.37 bits per heavy atom. The second-order valence-corrected chi connectivity index (χ2v) is 4.27. The van der Waals surface area contributed by atoms with Crippen LogP contribution < -0.4 is 0 Å². The number of carboxylic acids is 1. The summed E-state index contributed by atoms with van der Waals surface area (Å²) < 4.78 is 13.6. The lowest BCUT2D eigenvalue weighted by Gasteiger charge is -2.12. The van der Waals surface area contributed by atoms with Crippen molar-refractivity contribution in [3.63, 3.8) is 0 Å². The normalized spacial score (nSPS) is 12.1. The Morgan fingerprint density at radius 3 is 2.74 bits per heavy atom. The summed E-state index contributed by atoms with van der Waals surface area (Å²) in [6, 6.07) is 7.77. The lowest BCUT2D eigenvalue weighted by molar-refractivity contribution is -0.138. The first-order chi connectivity index (χ1) is 9.08. The highest BCUT2D eigenvalue weighted by molar-refractivity contribution is 5.75. The second-order valence-electron chi connectivity index (χ2n) is 4.27. The summed E-state index contributed by atoms with van der Waals surface area (Å²) in [5, 5.41) is 9.29. The number of carboxylic acid groups (broad SMARTS) is 1. The molecular formula is C14H13FN2O2. The number of halogens is 1. The number of aliphatic carboxylic acids is 1. The van der Waals surface area contributed by atoms with Crippen LogP contribution in [0, 0.1) is 12.7 Å². The molecule has 0 aliphatic carbocycles. The topological polar surface area (TPSA) is 63.1 Å². The molecule has 0 aliphatic rings. The van der Waals surface area contributed by atoms with E-state index in [1.54, 1.807) is 31.2 Å². The number of carbonyl (C=O) groups is 1. The van der Waals surface area contributed by atoms with Crippen molar-refractivity contribution in [2.75, 3.05) is 0 Å². The number of hydrogen-bond acceptors (Lipinski definition) is 3. The highest BCUT2D eigenvalue weighted by atomic mass is 19.1. The Morgan fingerprint density at radius 2 is 2.11 bits per heavy atom. The Balaban J connectivity index is 2.32. The van der Waals surface area contributed by atoms with Gasteiger partial charge in [0, 0.05) is 5.69 Å². The molecule has 1 aromatic carbocycles. The molecule has 5 heteroatoms. The van der Waals surface area contributed by atoms with Crippen LogP contribution >= 0.6 is 0 Å². The van der Waals surface area contributed by atoms with Gasteiger partial charge in [0.1, 0.15) is 18.1 Å². The molecule has 0 radical (unpaired) electrons. The number of nitrogens with zero attached hydrogens (tertiary/aromatic N) is 2. The van der Waals surface area contributed by atoms with Crippen LogP contribution in [0.2, 0.25) is 0 Å². The maximum atomic E-state index is 13.6. The van der Waals surface area contributed by atoms with Gasteiger partial charge in [0.05, 0.1) is 5.69 Å². The molecule has 1 N–H and O–H groups in total. The van der Waals surface area contributed by atoms with Crippen LogP contribution in [0.25, 0.3) is 0 Å². The molecule has 1 heterocycles. The lowest BCUT2D eigenvalue weighted by Crippen LogP contribution is -2.17. The Labute approximate surface area is 110 Å². The van der Waals surface area contributed by atoms with Gasteiger partial charge in [-0.2, -0.15) is 0 Å². The van der Waals surface area contributed by atoms with Gasteiger partial charge in [-0.25, -0.2) is 14.4 Å². The van der Waals surface area contributed by atoms with Gasteiger partial charge in [-0.15, -0.1) is 0 Å². The van der Waals surface area contributed by atoms with E-state index in [-0.39, 0.29) is 6.42 Å². The van der Waals surface area contributed by atoms with Crippen LogP contribution in [0.5, 0.6) is 0 Å². The van der Waals surface area contributed by atoms with Crippen molar-refractivity contribution in [1.82, 2.24) is 9.97 Å². The third kappa shape index (κ3) is 3.13. The smallest absolute Gasteiger partial charge is 0.312 e. The van der Waals surface area contributed by atoms with Gasteiger partial charge < -0.3 is 5.11 Å². The fourth-order valence-corrected chi connectivity index (χ4v) is 1.87. The molecule has 0 saturated heterocycles. The zero-order valence-electron chi connectivity index (χ0n) is 10.4. The van der Waals surface area contributed by atoms with Gasteiger partial charge in [0.25, 0.3) is 0 Å². The standard InChI is InChI=1S/C14H13FN2O2/c1-9-6-13(17-8-16-9)11(14(18)19)7-10-4-2-3-5-12(10)15/h2-6,8,11H,7H2,1H3,(H,18,19). The molecule has 98 valence electrons. The van der Waals surface area contributed by atoms with E-state index in [0.29, 0.717) is 17.0 Å². The maximum absolute atomic E-state index is 13.6. The van der Waals surface area contributed by atoms with Crippen LogP contribution in [0.4, 0.5) is 4.39 Å².